The number of nitrogens with zero attached hydrogens (tertiary/aromatic N) is 4. The average Bonchev–Trinajstić information content (AvgIpc) is 2.70. The van der Waals surface area contributed by atoms with Crippen molar-refractivity contribution in [3.63, 3.8) is 0 Å². The largest absolute Gasteiger partial charge is 0.339 e. The van der Waals surface area contributed by atoms with Gasteiger partial charge in [0.2, 0.25) is 5.91 Å². The number of nitro benzene ring substituents is 1. The van der Waals surface area contributed by atoms with E-state index in [0.717, 1.165) is 37.9 Å². The summed E-state index contributed by atoms with van der Waals surface area (Å²) >= 11 is 0. The standard InChI is InChI=1S/C20H27FN4O4/c1-14-5-3-4-6-24(14)19(26)13-22-7-9-23(10-8-22)20(27)16-11-17(21)15(2)18(12-16)25(28)29/h11-12,14H,3-10,13H2,1-2H3. The van der Waals surface area contributed by atoms with Gasteiger partial charge in [0.25, 0.3) is 11.6 Å². The van der Waals surface area contributed by atoms with Gasteiger partial charge < -0.3 is 9.80 Å². The van der Waals surface area contributed by atoms with Crippen molar-refractivity contribution >= 4 is 17.5 Å². The molecule has 2 fully saturated rings. The SMILES string of the molecule is Cc1c(F)cc(C(=O)N2CCN(CC(=O)N3CCCCC3C)CC2)cc1[N+](=O)[O-]. The first-order chi connectivity index (χ1) is 13.8. The van der Waals surface area contributed by atoms with Gasteiger partial charge in [-0.15, -0.1) is 0 Å². The summed E-state index contributed by atoms with van der Waals surface area (Å²) in [6.45, 7) is 6.39. The van der Waals surface area contributed by atoms with Gasteiger partial charge in [0.1, 0.15) is 5.82 Å². The minimum absolute atomic E-state index is 0.0218. The molecule has 2 saturated heterocycles. The van der Waals surface area contributed by atoms with Crippen LogP contribution in [-0.4, -0.2) is 76.7 Å². The molecule has 0 aliphatic carbocycles. The Morgan fingerprint density at radius 3 is 2.48 bits per heavy atom. The van der Waals surface area contributed by atoms with E-state index in [9.17, 15) is 24.1 Å². The molecular formula is C20H27FN4O4. The summed E-state index contributed by atoms with van der Waals surface area (Å²) in [4.78, 5) is 41.2. The number of nitro groups is 1. The number of halogens is 1. The van der Waals surface area contributed by atoms with E-state index in [0.29, 0.717) is 32.7 Å². The van der Waals surface area contributed by atoms with Crippen LogP contribution < -0.4 is 0 Å². The van der Waals surface area contributed by atoms with E-state index in [1.54, 1.807) is 4.90 Å². The zero-order valence-corrected chi connectivity index (χ0v) is 16.9. The summed E-state index contributed by atoms with van der Waals surface area (Å²) in [6.07, 6.45) is 3.23. The molecule has 9 heteroatoms. The third kappa shape index (κ3) is 4.72. The zero-order valence-electron chi connectivity index (χ0n) is 16.9. The molecule has 29 heavy (non-hydrogen) atoms. The molecule has 0 bridgehead atoms. The fourth-order valence-electron chi connectivity index (χ4n) is 4.02. The van der Waals surface area contributed by atoms with Crippen molar-refractivity contribution in [2.24, 2.45) is 0 Å². The maximum Gasteiger partial charge on any atom is 0.276 e. The third-order valence-corrected chi connectivity index (χ3v) is 5.90. The van der Waals surface area contributed by atoms with Crippen LogP contribution in [0, 0.1) is 22.9 Å². The summed E-state index contributed by atoms with van der Waals surface area (Å²) in [5.74, 6) is -1.07. The molecule has 1 aromatic carbocycles. The normalized spacial score (nSPS) is 20.6. The van der Waals surface area contributed by atoms with E-state index in [1.807, 2.05) is 9.80 Å². The molecule has 8 nitrogen and oxygen atoms in total. The quantitative estimate of drug-likeness (QED) is 0.565. The van der Waals surface area contributed by atoms with Gasteiger partial charge in [-0.1, -0.05) is 0 Å². The fraction of sp³-hybridized carbons (Fsp3) is 0.600. The van der Waals surface area contributed by atoms with Crippen LogP contribution in [0.1, 0.15) is 42.1 Å². The number of piperazine rings is 1. The average molecular weight is 406 g/mol. The monoisotopic (exact) mass is 406 g/mol. The molecule has 0 N–H and O–H groups in total. The minimum Gasteiger partial charge on any atom is -0.339 e. The van der Waals surface area contributed by atoms with E-state index in [1.165, 1.54) is 6.92 Å². The Morgan fingerprint density at radius 2 is 1.86 bits per heavy atom. The second-order valence-electron chi connectivity index (χ2n) is 7.86. The molecule has 0 radical (unpaired) electrons. The molecule has 1 unspecified atom stereocenters. The van der Waals surface area contributed by atoms with Gasteiger partial charge in [0, 0.05) is 50.4 Å². The number of piperidine rings is 1. The Kier molecular flexibility index (Phi) is 6.46. The first-order valence-corrected chi connectivity index (χ1v) is 10.0. The molecule has 1 aromatic rings. The van der Waals surface area contributed by atoms with Gasteiger partial charge in [-0.2, -0.15) is 0 Å². The van der Waals surface area contributed by atoms with Gasteiger partial charge in [-0.3, -0.25) is 24.6 Å². The van der Waals surface area contributed by atoms with Crippen molar-refractivity contribution in [1.82, 2.24) is 14.7 Å². The highest BCUT2D eigenvalue weighted by atomic mass is 19.1. The Balaban J connectivity index is 1.58. The van der Waals surface area contributed by atoms with Crippen molar-refractivity contribution < 1.29 is 18.9 Å². The molecule has 158 valence electrons. The van der Waals surface area contributed by atoms with Crippen LogP contribution in [0.2, 0.25) is 0 Å². The van der Waals surface area contributed by atoms with Crippen LogP contribution in [0.25, 0.3) is 0 Å². The number of rotatable bonds is 4. The van der Waals surface area contributed by atoms with Gasteiger partial charge in [-0.25, -0.2) is 4.39 Å². The zero-order chi connectivity index (χ0) is 21.1. The molecule has 3 rings (SSSR count). The first-order valence-electron chi connectivity index (χ1n) is 10.0. The van der Waals surface area contributed by atoms with Gasteiger partial charge in [0.15, 0.2) is 0 Å². The van der Waals surface area contributed by atoms with Crippen molar-refractivity contribution in [3.8, 4) is 0 Å². The summed E-state index contributed by atoms with van der Waals surface area (Å²) in [6, 6.07) is 2.46. The molecule has 2 aliphatic heterocycles. The number of hydrogen-bond acceptors (Lipinski definition) is 5. The predicted molar refractivity (Wildman–Crippen MR) is 105 cm³/mol. The maximum atomic E-state index is 14.0. The summed E-state index contributed by atoms with van der Waals surface area (Å²) in [7, 11) is 0. The third-order valence-electron chi connectivity index (χ3n) is 5.90. The summed E-state index contributed by atoms with van der Waals surface area (Å²) in [5, 5.41) is 11.1. The van der Waals surface area contributed by atoms with Crippen LogP contribution in [0.5, 0.6) is 0 Å². The Morgan fingerprint density at radius 1 is 1.17 bits per heavy atom. The summed E-state index contributed by atoms with van der Waals surface area (Å²) in [5.41, 5.74) is -0.499. The second-order valence-corrected chi connectivity index (χ2v) is 7.86. The van der Waals surface area contributed by atoms with E-state index in [2.05, 4.69) is 6.92 Å². The van der Waals surface area contributed by atoms with E-state index in [4.69, 9.17) is 0 Å². The van der Waals surface area contributed by atoms with Crippen LogP contribution in [0.15, 0.2) is 12.1 Å². The van der Waals surface area contributed by atoms with Crippen molar-refractivity contribution in [1.29, 1.82) is 0 Å². The molecule has 0 aromatic heterocycles. The molecule has 2 heterocycles. The molecule has 2 aliphatic rings. The van der Waals surface area contributed by atoms with Crippen molar-refractivity contribution in [3.05, 3.63) is 39.2 Å². The molecular weight excluding hydrogens is 379 g/mol. The number of likely N-dealkylation sites (tertiary alicyclic amines) is 1. The molecule has 2 amide bonds. The van der Waals surface area contributed by atoms with Crippen LogP contribution >= 0.6 is 0 Å². The molecule has 0 spiro atoms. The Hall–Kier alpha value is -2.55. The lowest BCUT2D eigenvalue weighted by atomic mass is 10.0. The minimum atomic E-state index is -0.762. The van der Waals surface area contributed by atoms with Crippen molar-refractivity contribution in [2.45, 2.75) is 39.2 Å². The predicted octanol–water partition coefficient (Wildman–Crippen LogP) is 2.20. The van der Waals surface area contributed by atoms with Crippen LogP contribution in [-0.2, 0) is 4.79 Å². The smallest absolute Gasteiger partial charge is 0.276 e. The highest BCUT2D eigenvalue weighted by Gasteiger charge is 2.29. The highest BCUT2D eigenvalue weighted by Crippen LogP contribution is 2.24. The van der Waals surface area contributed by atoms with E-state index in [-0.39, 0.29) is 23.1 Å². The number of benzene rings is 1. The first kappa shape index (κ1) is 21.2. The Labute approximate surface area is 169 Å². The van der Waals surface area contributed by atoms with E-state index >= 15 is 0 Å². The topological polar surface area (TPSA) is 87.0 Å². The van der Waals surface area contributed by atoms with Crippen molar-refractivity contribution in [2.75, 3.05) is 39.3 Å². The van der Waals surface area contributed by atoms with E-state index < -0.39 is 22.3 Å². The highest BCUT2D eigenvalue weighted by molar-refractivity contribution is 5.95. The van der Waals surface area contributed by atoms with Gasteiger partial charge in [0.05, 0.1) is 17.0 Å². The second kappa shape index (κ2) is 8.86. The number of hydrogen-bond donors (Lipinski definition) is 0. The van der Waals surface area contributed by atoms with Crippen LogP contribution in [0.3, 0.4) is 0 Å². The lowest BCUT2D eigenvalue weighted by Crippen LogP contribution is -2.53. The lowest BCUT2D eigenvalue weighted by Gasteiger charge is -2.38. The number of carbonyl (C=O) groups is 2. The Bertz CT molecular complexity index is 808. The maximum absolute atomic E-state index is 14.0. The van der Waals surface area contributed by atoms with Gasteiger partial charge >= 0.3 is 0 Å². The van der Waals surface area contributed by atoms with Crippen LogP contribution in [0.4, 0.5) is 10.1 Å². The number of amides is 2. The summed E-state index contributed by atoms with van der Waals surface area (Å²) < 4.78 is 14.0. The lowest BCUT2D eigenvalue weighted by molar-refractivity contribution is -0.385. The molecule has 0 saturated carbocycles. The van der Waals surface area contributed by atoms with Gasteiger partial charge in [-0.05, 0) is 39.2 Å². The molecule has 1 atom stereocenters. The fourth-order valence-corrected chi connectivity index (χ4v) is 4.02. The number of carbonyl (C=O) groups excluding carboxylic acids is 2.